The zero-order valence-electron chi connectivity index (χ0n) is 11.5. The Balaban J connectivity index is 1.95. The number of anilines is 1. The van der Waals surface area contributed by atoms with Crippen molar-refractivity contribution in [3.63, 3.8) is 0 Å². The highest BCUT2D eigenvalue weighted by atomic mass is 32.2. The fourth-order valence-corrected chi connectivity index (χ4v) is 2.97. The van der Waals surface area contributed by atoms with E-state index in [0.29, 0.717) is 18.6 Å². The third-order valence-electron chi connectivity index (χ3n) is 2.85. The monoisotopic (exact) mass is 311 g/mol. The standard InChI is InChI=1S/C12H17N5O3S/c1-20-9-4-5-11(10(13)7-9)21(18,19)16-6-2-3-12-14-8-15-17-12/h4-5,7-8,16H,2-3,6,13H2,1H3,(H,14,15,17). The summed E-state index contributed by atoms with van der Waals surface area (Å²) in [6.07, 6.45) is 2.63. The maximum absolute atomic E-state index is 12.1. The zero-order valence-corrected chi connectivity index (χ0v) is 12.4. The van der Waals surface area contributed by atoms with Crippen molar-refractivity contribution in [1.29, 1.82) is 0 Å². The Hall–Kier alpha value is -2.13. The third kappa shape index (κ3) is 3.92. The molecule has 0 radical (unpaired) electrons. The number of hydrogen-bond acceptors (Lipinski definition) is 6. The van der Waals surface area contributed by atoms with Gasteiger partial charge in [-0.1, -0.05) is 0 Å². The molecule has 1 heterocycles. The van der Waals surface area contributed by atoms with Crippen LogP contribution in [0.15, 0.2) is 29.4 Å². The van der Waals surface area contributed by atoms with Crippen LogP contribution in [-0.2, 0) is 16.4 Å². The van der Waals surface area contributed by atoms with Crippen molar-refractivity contribution < 1.29 is 13.2 Å². The molecule has 0 bridgehead atoms. The number of benzene rings is 1. The van der Waals surface area contributed by atoms with Crippen LogP contribution >= 0.6 is 0 Å². The predicted molar refractivity (Wildman–Crippen MR) is 77.3 cm³/mol. The molecule has 0 spiro atoms. The van der Waals surface area contributed by atoms with Crippen molar-refractivity contribution in [1.82, 2.24) is 19.9 Å². The summed E-state index contributed by atoms with van der Waals surface area (Å²) < 4.78 is 31.8. The number of aromatic amines is 1. The summed E-state index contributed by atoms with van der Waals surface area (Å²) in [5, 5.41) is 6.44. The van der Waals surface area contributed by atoms with Crippen molar-refractivity contribution in [3.8, 4) is 5.75 Å². The molecule has 0 aliphatic rings. The molecule has 1 aromatic heterocycles. The lowest BCUT2D eigenvalue weighted by molar-refractivity contribution is 0.414. The van der Waals surface area contributed by atoms with Gasteiger partial charge in [-0.2, -0.15) is 5.10 Å². The first kappa shape index (κ1) is 15.3. The molecule has 0 atom stereocenters. The lowest BCUT2D eigenvalue weighted by Crippen LogP contribution is -2.26. The minimum Gasteiger partial charge on any atom is -0.497 e. The molecule has 2 rings (SSSR count). The van der Waals surface area contributed by atoms with E-state index >= 15 is 0 Å². The van der Waals surface area contributed by atoms with Gasteiger partial charge >= 0.3 is 0 Å². The Morgan fingerprint density at radius 1 is 1.43 bits per heavy atom. The van der Waals surface area contributed by atoms with Gasteiger partial charge in [-0.25, -0.2) is 18.1 Å². The van der Waals surface area contributed by atoms with E-state index in [2.05, 4.69) is 19.9 Å². The number of hydrogen-bond donors (Lipinski definition) is 3. The van der Waals surface area contributed by atoms with E-state index in [-0.39, 0.29) is 17.1 Å². The van der Waals surface area contributed by atoms with Crippen molar-refractivity contribution in [2.45, 2.75) is 17.7 Å². The molecule has 1 aromatic carbocycles. The molecule has 2 aromatic rings. The van der Waals surface area contributed by atoms with E-state index in [0.717, 1.165) is 5.82 Å². The molecule has 0 aliphatic carbocycles. The Bertz CT molecular complexity index is 685. The number of nitrogens with zero attached hydrogens (tertiary/aromatic N) is 2. The number of aryl methyl sites for hydroxylation is 1. The fraction of sp³-hybridized carbons (Fsp3) is 0.333. The number of rotatable bonds is 7. The van der Waals surface area contributed by atoms with Crippen LogP contribution in [0.4, 0.5) is 5.69 Å². The summed E-state index contributed by atoms with van der Waals surface area (Å²) in [5.41, 5.74) is 5.89. The van der Waals surface area contributed by atoms with E-state index in [1.165, 1.54) is 25.6 Å². The molecular formula is C12H17N5O3S. The molecular weight excluding hydrogens is 294 g/mol. The highest BCUT2D eigenvalue weighted by Gasteiger charge is 2.17. The van der Waals surface area contributed by atoms with Gasteiger partial charge in [0.2, 0.25) is 10.0 Å². The minimum absolute atomic E-state index is 0.0444. The van der Waals surface area contributed by atoms with E-state index in [1.54, 1.807) is 6.07 Å². The van der Waals surface area contributed by atoms with Crippen molar-refractivity contribution in [3.05, 3.63) is 30.4 Å². The van der Waals surface area contributed by atoms with Crippen LogP contribution in [0.2, 0.25) is 0 Å². The highest BCUT2D eigenvalue weighted by molar-refractivity contribution is 7.89. The van der Waals surface area contributed by atoms with Gasteiger partial charge in [0.05, 0.1) is 12.8 Å². The molecule has 0 amide bonds. The topological polar surface area (TPSA) is 123 Å². The summed E-state index contributed by atoms with van der Waals surface area (Å²) in [5.74, 6) is 1.23. The van der Waals surface area contributed by atoms with Crippen LogP contribution in [0.3, 0.4) is 0 Å². The van der Waals surface area contributed by atoms with E-state index < -0.39 is 10.0 Å². The molecule has 0 fully saturated rings. The molecule has 0 unspecified atom stereocenters. The molecule has 0 saturated heterocycles. The second-order valence-electron chi connectivity index (χ2n) is 4.34. The van der Waals surface area contributed by atoms with Gasteiger partial charge in [-0.05, 0) is 18.6 Å². The molecule has 21 heavy (non-hydrogen) atoms. The van der Waals surface area contributed by atoms with Crippen LogP contribution in [0.25, 0.3) is 0 Å². The normalized spacial score (nSPS) is 11.5. The maximum Gasteiger partial charge on any atom is 0.242 e. The Kier molecular flexibility index (Phi) is 4.76. The first-order valence-corrected chi connectivity index (χ1v) is 7.78. The van der Waals surface area contributed by atoms with Gasteiger partial charge in [0.25, 0.3) is 0 Å². The van der Waals surface area contributed by atoms with Gasteiger partial charge in [-0.15, -0.1) is 0 Å². The SMILES string of the molecule is COc1ccc(S(=O)(=O)NCCCc2ncn[nH]2)c(N)c1. The zero-order chi connectivity index (χ0) is 15.3. The average molecular weight is 311 g/mol. The number of ether oxygens (including phenoxy) is 1. The lowest BCUT2D eigenvalue weighted by Gasteiger charge is -2.10. The molecule has 0 saturated carbocycles. The number of H-pyrrole nitrogens is 1. The maximum atomic E-state index is 12.1. The Labute approximate surface area is 122 Å². The highest BCUT2D eigenvalue weighted by Crippen LogP contribution is 2.23. The predicted octanol–water partition coefficient (Wildman–Crippen LogP) is 0.307. The van der Waals surface area contributed by atoms with Gasteiger partial charge < -0.3 is 10.5 Å². The number of nitrogen functional groups attached to an aromatic ring is 1. The summed E-state index contributed by atoms with van der Waals surface area (Å²) in [7, 11) is -2.14. The fourth-order valence-electron chi connectivity index (χ4n) is 1.79. The average Bonchev–Trinajstić information content (AvgIpc) is 2.96. The lowest BCUT2D eigenvalue weighted by atomic mass is 10.3. The van der Waals surface area contributed by atoms with Gasteiger partial charge in [0, 0.05) is 19.0 Å². The molecule has 9 heteroatoms. The number of aromatic nitrogens is 3. The van der Waals surface area contributed by atoms with E-state index in [1.807, 2.05) is 0 Å². The molecule has 8 nitrogen and oxygen atoms in total. The number of methoxy groups -OCH3 is 1. The van der Waals surface area contributed by atoms with Gasteiger partial charge in [0.15, 0.2) is 0 Å². The summed E-state index contributed by atoms with van der Waals surface area (Å²) in [4.78, 5) is 4.01. The second-order valence-corrected chi connectivity index (χ2v) is 6.07. The smallest absolute Gasteiger partial charge is 0.242 e. The van der Waals surface area contributed by atoms with E-state index in [4.69, 9.17) is 10.5 Å². The van der Waals surface area contributed by atoms with Crippen molar-refractivity contribution in [2.24, 2.45) is 0 Å². The molecule has 114 valence electrons. The van der Waals surface area contributed by atoms with Crippen molar-refractivity contribution in [2.75, 3.05) is 19.4 Å². The summed E-state index contributed by atoms with van der Waals surface area (Å²) in [6.45, 7) is 0.286. The van der Waals surface area contributed by atoms with Crippen LogP contribution in [0, 0.1) is 0 Å². The summed E-state index contributed by atoms with van der Waals surface area (Å²) in [6, 6.07) is 4.45. The van der Waals surface area contributed by atoms with Gasteiger partial charge in [0.1, 0.15) is 22.8 Å². The Morgan fingerprint density at radius 3 is 2.86 bits per heavy atom. The largest absolute Gasteiger partial charge is 0.497 e. The third-order valence-corrected chi connectivity index (χ3v) is 4.39. The van der Waals surface area contributed by atoms with E-state index in [9.17, 15) is 8.42 Å². The first-order chi connectivity index (χ1) is 10.0. The van der Waals surface area contributed by atoms with Crippen LogP contribution in [0.1, 0.15) is 12.2 Å². The first-order valence-electron chi connectivity index (χ1n) is 6.30. The quantitative estimate of drug-likeness (QED) is 0.499. The Morgan fingerprint density at radius 2 is 2.24 bits per heavy atom. The van der Waals surface area contributed by atoms with Crippen LogP contribution < -0.4 is 15.2 Å². The second kappa shape index (κ2) is 6.55. The molecule has 0 aliphatic heterocycles. The van der Waals surface area contributed by atoms with Crippen LogP contribution in [-0.4, -0.2) is 37.3 Å². The summed E-state index contributed by atoms with van der Waals surface area (Å²) >= 11 is 0. The minimum atomic E-state index is -3.63. The molecule has 4 N–H and O–H groups in total. The van der Waals surface area contributed by atoms with Crippen LogP contribution in [0.5, 0.6) is 5.75 Å². The van der Waals surface area contributed by atoms with Gasteiger partial charge in [-0.3, -0.25) is 5.10 Å². The number of nitrogens with two attached hydrogens (primary N) is 1. The van der Waals surface area contributed by atoms with Crippen molar-refractivity contribution >= 4 is 15.7 Å². The number of sulfonamides is 1. The number of nitrogens with one attached hydrogen (secondary N) is 2.